The van der Waals surface area contributed by atoms with E-state index in [1.165, 1.54) is 29.5 Å². The van der Waals surface area contributed by atoms with E-state index in [1.54, 1.807) is 11.8 Å². The molecule has 2 aromatic heterocycles. The lowest BCUT2D eigenvalue weighted by Crippen LogP contribution is -2.49. The van der Waals surface area contributed by atoms with Crippen molar-refractivity contribution in [2.45, 2.75) is 39.6 Å². The normalized spacial score (nSPS) is 16.4. The summed E-state index contributed by atoms with van der Waals surface area (Å²) in [6, 6.07) is 7.65. The molecule has 1 fully saturated rings. The molecule has 0 radical (unpaired) electrons. The van der Waals surface area contributed by atoms with Gasteiger partial charge < -0.3 is 15.0 Å². The summed E-state index contributed by atoms with van der Waals surface area (Å²) in [6.07, 6.45) is -6.36. The first kappa shape index (κ1) is 25.1. The van der Waals surface area contributed by atoms with Gasteiger partial charge in [-0.3, -0.25) is 9.78 Å². The number of ether oxygens (including phenoxy) is 1. The highest BCUT2D eigenvalue weighted by molar-refractivity contribution is 7.19. The molecule has 1 N–H and O–H groups in total. The molecule has 4 rings (SSSR count). The molecule has 1 aromatic carbocycles. The van der Waals surface area contributed by atoms with E-state index in [9.17, 15) is 22.4 Å². The number of alkyl halides is 3. The number of carbonyl (C=O) groups excluding carboxylic acids is 1. The quantitative estimate of drug-likeness (QED) is 0.493. The minimum absolute atomic E-state index is 0.0505. The number of aromatic nitrogens is 2. The van der Waals surface area contributed by atoms with Gasteiger partial charge in [-0.1, -0.05) is 11.3 Å². The maximum absolute atomic E-state index is 13.4. The topological polar surface area (TPSA) is 67.3 Å². The van der Waals surface area contributed by atoms with Crippen molar-refractivity contribution >= 4 is 22.4 Å². The zero-order chi connectivity index (χ0) is 25.3. The van der Waals surface area contributed by atoms with Crippen LogP contribution in [-0.2, 0) is 11.3 Å². The highest BCUT2D eigenvalue weighted by atomic mass is 32.1. The zero-order valence-corrected chi connectivity index (χ0v) is 20.2. The molecule has 3 heterocycles. The number of nitrogens with one attached hydrogen (secondary N) is 1. The number of aryl methyl sites for hydroxylation is 3. The largest absolute Gasteiger partial charge is 0.416 e. The number of thiazole rings is 1. The van der Waals surface area contributed by atoms with Gasteiger partial charge in [0, 0.05) is 23.5 Å². The number of hydrogen-bond donors (Lipinski definition) is 1. The van der Waals surface area contributed by atoms with Crippen LogP contribution in [0.15, 0.2) is 30.3 Å². The third-order valence-electron chi connectivity index (χ3n) is 5.58. The minimum atomic E-state index is -4.47. The average molecular weight is 509 g/mol. The third kappa shape index (κ3) is 5.79. The minimum Gasteiger partial charge on any atom is -0.365 e. The summed E-state index contributed by atoms with van der Waals surface area (Å²) in [5.74, 6) is -0.829. The summed E-state index contributed by atoms with van der Waals surface area (Å²) in [4.78, 5) is 24.0. The van der Waals surface area contributed by atoms with Gasteiger partial charge >= 0.3 is 6.18 Å². The lowest BCUT2D eigenvalue weighted by Gasteiger charge is -2.33. The SMILES string of the molecule is Cc1cc(-c2sc(N3CCOC(C(F)(F)F)C3)nc2CNC(=O)c2ccc(F)cc2C)cc(C)n1. The highest BCUT2D eigenvalue weighted by Crippen LogP contribution is 2.37. The smallest absolute Gasteiger partial charge is 0.365 e. The molecule has 1 aliphatic rings. The van der Waals surface area contributed by atoms with Crippen LogP contribution in [0.2, 0.25) is 0 Å². The lowest BCUT2D eigenvalue weighted by atomic mass is 10.1. The van der Waals surface area contributed by atoms with E-state index in [2.05, 4.69) is 15.3 Å². The van der Waals surface area contributed by atoms with Gasteiger partial charge in [0.25, 0.3) is 5.91 Å². The Bertz CT molecular complexity index is 1220. The van der Waals surface area contributed by atoms with Crippen LogP contribution < -0.4 is 10.2 Å². The van der Waals surface area contributed by atoms with Gasteiger partial charge in [-0.05, 0) is 62.2 Å². The van der Waals surface area contributed by atoms with Gasteiger partial charge in [-0.2, -0.15) is 13.2 Å². The average Bonchev–Trinajstić information content (AvgIpc) is 3.21. The number of pyridine rings is 1. The van der Waals surface area contributed by atoms with Crippen molar-refractivity contribution in [3.63, 3.8) is 0 Å². The van der Waals surface area contributed by atoms with E-state index in [-0.39, 0.29) is 26.2 Å². The number of carbonyl (C=O) groups is 1. The molecule has 35 heavy (non-hydrogen) atoms. The van der Waals surface area contributed by atoms with Crippen molar-refractivity contribution in [3.8, 4) is 10.4 Å². The molecule has 0 spiro atoms. The molecule has 0 aliphatic carbocycles. The number of morpholine rings is 1. The highest BCUT2D eigenvalue weighted by Gasteiger charge is 2.44. The monoisotopic (exact) mass is 508 g/mol. The molecule has 0 bridgehead atoms. The number of anilines is 1. The first-order chi connectivity index (χ1) is 16.5. The van der Waals surface area contributed by atoms with Crippen molar-refractivity contribution in [3.05, 3.63) is 64.4 Å². The fourth-order valence-corrected chi connectivity index (χ4v) is 5.05. The summed E-state index contributed by atoms with van der Waals surface area (Å²) in [7, 11) is 0. The Kier molecular flexibility index (Phi) is 7.09. The standard InChI is InChI=1S/C24H24F4N4O2S/c1-13-8-17(25)4-5-18(13)22(33)29-11-19-21(16-9-14(2)30-15(3)10-16)35-23(31-19)32-6-7-34-20(12-32)24(26,27)28/h4-5,8-10,20H,6-7,11-12H2,1-3H3,(H,29,33). The second-order valence-electron chi connectivity index (χ2n) is 8.40. The van der Waals surface area contributed by atoms with E-state index in [4.69, 9.17) is 4.74 Å². The predicted octanol–water partition coefficient (Wildman–Crippen LogP) is 4.97. The first-order valence-corrected chi connectivity index (χ1v) is 11.8. The first-order valence-electron chi connectivity index (χ1n) is 10.9. The summed E-state index contributed by atoms with van der Waals surface area (Å²) in [6.45, 7) is 5.25. The van der Waals surface area contributed by atoms with Gasteiger partial charge in [-0.25, -0.2) is 9.37 Å². The molecule has 1 saturated heterocycles. The van der Waals surface area contributed by atoms with Gasteiger partial charge in [-0.15, -0.1) is 0 Å². The van der Waals surface area contributed by atoms with Crippen molar-refractivity contribution in [2.24, 2.45) is 0 Å². The predicted molar refractivity (Wildman–Crippen MR) is 125 cm³/mol. The maximum atomic E-state index is 13.4. The van der Waals surface area contributed by atoms with E-state index in [1.807, 2.05) is 26.0 Å². The van der Waals surface area contributed by atoms with Crippen molar-refractivity contribution < 1.29 is 27.1 Å². The van der Waals surface area contributed by atoms with E-state index in [0.717, 1.165) is 21.8 Å². The van der Waals surface area contributed by atoms with Crippen molar-refractivity contribution in [1.82, 2.24) is 15.3 Å². The van der Waals surface area contributed by atoms with Crippen LogP contribution in [0.3, 0.4) is 0 Å². The van der Waals surface area contributed by atoms with Crippen molar-refractivity contribution in [2.75, 3.05) is 24.6 Å². The van der Waals surface area contributed by atoms with Gasteiger partial charge in [0.2, 0.25) is 0 Å². The van der Waals surface area contributed by atoms with Crippen LogP contribution in [0.25, 0.3) is 10.4 Å². The third-order valence-corrected chi connectivity index (χ3v) is 6.79. The summed E-state index contributed by atoms with van der Waals surface area (Å²) >= 11 is 1.27. The number of rotatable bonds is 5. The summed E-state index contributed by atoms with van der Waals surface area (Å²) in [5.41, 5.74) is 3.75. The Balaban J connectivity index is 1.64. The molecule has 11 heteroatoms. The fourth-order valence-electron chi connectivity index (χ4n) is 3.95. The molecule has 186 valence electrons. The molecule has 0 saturated carbocycles. The van der Waals surface area contributed by atoms with E-state index in [0.29, 0.717) is 22.0 Å². The lowest BCUT2D eigenvalue weighted by molar-refractivity contribution is -0.221. The zero-order valence-electron chi connectivity index (χ0n) is 19.4. The molecule has 1 aliphatic heterocycles. The molecule has 6 nitrogen and oxygen atoms in total. The van der Waals surface area contributed by atoms with Crippen LogP contribution in [0.5, 0.6) is 0 Å². The van der Waals surface area contributed by atoms with E-state index < -0.39 is 24.0 Å². The number of nitrogens with zero attached hydrogens (tertiary/aromatic N) is 3. The Labute approximate surface area is 204 Å². The van der Waals surface area contributed by atoms with Crippen LogP contribution in [0.4, 0.5) is 22.7 Å². The Morgan fingerprint density at radius 3 is 2.54 bits per heavy atom. The molecule has 3 aromatic rings. The van der Waals surface area contributed by atoms with Gasteiger partial charge in [0.05, 0.1) is 30.3 Å². The second kappa shape index (κ2) is 9.90. The van der Waals surface area contributed by atoms with Crippen molar-refractivity contribution in [1.29, 1.82) is 0 Å². The Hall–Kier alpha value is -3.05. The molecule has 1 unspecified atom stereocenters. The van der Waals surface area contributed by atoms with Crippen LogP contribution in [0, 0.1) is 26.6 Å². The van der Waals surface area contributed by atoms with Gasteiger partial charge in [0.15, 0.2) is 11.2 Å². The van der Waals surface area contributed by atoms with Crippen LogP contribution in [0.1, 0.15) is 33.0 Å². The Morgan fingerprint density at radius 1 is 1.17 bits per heavy atom. The van der Waals surface area contributed by atoms with E-state index >= 15 is 0 Å². The second-order valence-corrected chi connectivity index (χ2v) is 9.38. The van der Waals surface area contributed by atoms with Crippen LogP contribution in [-0.4, -0.2) is 47.9 Å². The number of amides is 1. The Morgan fingerprint density at radius 2 is 1.89 bits per heavy atom. The maximum Gasteiger partial charge on any atom is 0.416 e. The molecular weight excluding hydrogens is 484 g/mol. The number of benzene rings is 1. The molecule has 1 atom stereocenters. The van der Waals surface area contributed by atoms with Gasteiger partial charge in [0.1, 0.15) is 5.82 Å². The summed E-state index contributed by atoms with van der Waals surface area (Å²) < 4.78 is 58.1. The number of halogens is 4. The molecule has 1 amide bonds. The fraction of sp³-hybridized carbons (Fsp3) is 0.375. The molecular formula is C24H24F4N4O2S. The van der Waals surface area contributed by atoms with Crippen LogP contribution >= 0.6 is 11.3 Å². The number of hydrogen-bond acceptors (Lipinski definition) is 6. The summed E-state index contributed by atoms with van der Waals surface area (Å²) in [5, 5.41) is 3.23.